The van der Waals surface area contributed by atoms with E-state index in [1.165, 1.54) is 19.4 Å². The zero-order valence-corrected chi connectivity index (χ0v) is 7.01. The maximum Gasteiger partial charge on any atom is 0.00450 e. The van der Waals surface area contributed by atoms with Crippen molar-refractivity contribution in [1.29, 1.82) is 0 Å². The number of nitrogens with two attached hydrogens (primary N) is 1. The molecule has 2 N–H and O–H groups in total. The van der Waals surface area contributed by atoms with E-state index in [0.29, 0.717) is 6.04 Å². The molecule has 0 heterocycles. The van der Waals surface area contributed by atoms with Crippen molar-refractivity contribution in [3.05, 3.63) is 0 Å². The third-order valence-corrected chi connectivity index (χ3v) is 2.38. The van der Waals surface area contributed by atoms with Crippen molar-refractivity contribution in [3.63, 3.8) is 0 Å². The summed E-state index contributed by atoms with van der Waals surface area (Å²) in [6.45, 7) is 4.59. The molecule has 0 atom stereocenters. The van der Waals surface area contributed by atoms with Crippen molar-refractivity contribution in [2.45, 2.75) is 25.8 Å². The van der Waals surface area contributed by atoms with Crippen molar-refractivity contribution in [2.75, 3.05) is 20.1 Å². The molecule has 0 aliphatic heterocycles. The topological polar surface area (TPSA) is 29.3 Å². The third-order valence-electron chi connectivity index (χ3n) is 2.38. The molecule has 0 amide bonds. The van der Waals surface area contributed by atoms with E-state index in [1.54, 1.807) is 0 Å². The lowest BCUT2D eigenvalue weighted by molar-refractivity contribution is 0.187. The van der Waals surface area contributed by atoms with Gasteiger partial charge in [-0.05, 0) is 32.4 Å². The van der Waals surface area contributed by atoms with Gasteiger partial charge in [0.25, 0.3) is 0 Å². The molecule has 0 radical (unpaired) electrons. The van der Waals surface area contributed by atoms with Gasteiger partial charge in [-0.3, -0.25) is 0 Å². The van der Waals surface area contributed by atoms with E-state index in [2.05, 4.69) is 18.9 Å². The Morgan fingerprint density at radius 1 is 1.50 bits per heavy atom. The summed E-state index contributed by atoms with van der Waals surface area (Å²) in [5.74, 6) is 0.889. The molecule has 0 aromatic carbocycles. The maximum absolute atomic E-state index is 5.67. The van der Waals surface area contributed by atoms with Crippen LogP contribution in [0.1, 0.15) is 19.8 Å². The molecule has 0 aromatic heterocycles. The van der Waals surface area contributed by atoms with E-state index in [0.717, 1.165) is 12.5 Å². The van der Waals surface area contributed by atoms with E-state index < -0.39 is 0 Å². The molecule has 0 bridgehead atoms. The van der Waals surface area contributed by atoms with Crippen LogP contribution < -0.4 is 5.73 Å². The Morgan fingerprint density at radius 2 is 2.10 bits per heavy atom. The quantitative estimate of drug-likeness (QED) is 0.627. The van der Waals surface area contributed by atoms with Gasteiger partial charge in [-0.2, -0.15) is 0 Å². The highest BCUT2D eigenvalue weighted by Crippen LogP contribution is 2.25. The minimum absolute atomic E-state index is 0.509. The summed E-state index contributed by atoms with van der Waals surface area (Å²) in [6.07, 6.45) is 2.48. The van der Waals surface area contributed by atoms with Crippen LogP contribution in [0.4, 0.5) is 0 Å². The Morgan fingerprint density at radius 3 is 2.50 bits per heavy atom. The van der Waals surface area contributed by atoms with E-state index in [9.17, 15) is 0 Å². The maximum atomic E-state index is 5.67. The average molecular weight is 142 g/mol. The standard InChI is InChI=1S/C8H18N2/c1-3-10(2)6-7-4-8(9)5-7/h7-8H,3-6,9H2,1-2H3. The number of hydrogen-bond acceptors (Lipinski definition) is 2. The van der Waals surface area contributed by atoms with Crippen LogP contribution in [0.3, 0.4) is 0 Å². The Balaban J connectivity index is 2.04. The second-order valence-electron chi connectivity index (χ2n) is 3.45. The molecular formula is C8H18N2. The van der Waals surface area contributed by atoms with Crippen LogP contribution >= 0.6 is 0 Å². The van der Waals surface area contributed by atoms with E-state index in [4.69, 9.17) is 5.73 Å². The monoisotopic (exact) mass is 142 g/mol. The normalized spacial score (nSPS) is 32.4. The SMILES string of the molecule is CCN(C)CC1CC(N)C1. The molecule has 0 spiro atoms. The summed E-state index contributed by atoms with van der Waals surface area (Å²) in [6, 6.07) is 0.509. The minimum Gasteiger partial charge on any atom is -0.328 e. The van der Waals surface area contributed by atoms with Crippen molar-refractivity contribution in [3.8, 4) is 0 Å². The largest absolute Gasteiger partial charge is 0.328 e. The zero-order valence-electron chi connectivity index (χ0n) is 7.01. The molecule has 2 nitrogen and oxygen atoms in total. The minimum atomic E-state index is 0.509. The third kappa shape index (κ3) is 1.96. The molecular weight excluding hydrogens is 124 g/mol. The molecule has 2 heteroatoms. The number of nitrogens with zero attached hydrogens (tertiary/aromatic N) is 1. The van der Waals surface area contributed by atoms with Crippen LogP contribution in [0, 0.1) is 5.92 Å². The zero-order chi connectivity index (χ0) is 7.56. The Hall–Kier alpha value is -0.0800. The number of rotatable bonds is 3. The molecule has 1 saturated carbocycles. The summed E-state index contributed by atoms with van der Waals surface area (Å²) in [7, 11) is 2.17. The predicted molar refractivity (Wildman–Crippen MR) is 43.9 cm³/mol. The fourth-order valence-electron chi connectivity index (χ4n) is 1.51. The molecule has 0 aromatic rings. The van der Waals surface area contributed by atoms with E-state index in [1.807, 2.05) is 0 Å². The van der Waals surface area contributed by atoms with Gasteiger partial charge in [0.05, 0.1) is 0 Å². The summed E-state index contributed by atoms with van der Waals surface area (Å²) in [4.78, 5) is 2.36. The lowest BCUT2D eigenvalue weighted by atomic mass is 9.81. The van der Waals surface area contributed by atoms with Gasteiger partial charge in [-0.25, -0.2) is 0 Å². The van der Waals surface area contributed by atoms with Gasteiger partial charge < -0.3 is 10.6 Å². The fourth-order valence-corrected chi connectivity index (χ4v) is 1.51. The molecule has 1 rings (SSSR count). The first-order valence-corrected chi connectivity index (χ1v) is 4.16. The first-order chi connectivity index (χ1) is 4.72. The van der Waals surface area contributed by atoms with Crippen LogP contribution in [0.15, 0.2) is 0 Å². The van der Waals surface area contributed by atoms with Crippen LogP contribution in [0.5, 0.6) is 0 Å². The highest BCUT2D eigenvalue weighted by molar-refractivity contribution is 4.83. The van der Waals surface area contributed by atoms with Gasteiger partial charge >= 0.3 is 0 Å². The van der Waals surface area contributed by atoms with Crippen LogP contribution in [-0.2, 0) is 0 Å². The lowest BCUT2D eigenvalue weighted by Gasteiger charge is -2.34. The molecule has 0 unspecified atom stereocenters. The summed E-state index contributed by atoms with van der Waals surface area (Å²) in [5, 5.41) is 0. The van der Waals surface area contributed by atoms with Crippen LogP contribution in [-0.4, -0.2) is 31.1 Å². The first kappa shape index (κ1) is 8.02. The molecule has 60 valence electrons. The van der Waals surface area contributed by atoms with E-state index in [-0.39, 0.29) is 0 Å². The van der Waals surface area contributed by atoms with E-state index >= 15 is 0 Å². The predicted octanol–water partition coefficient (Wildman–Crippen LogP) is 0.675. The molecule has 1 fully saturated rings. The van der Waals surface area contributed by atoms with Crippen LogP contribution in [0.25, 0.3) is 0 Å². The van der Waals surface area contributed by atoms with Gasteiger partial charge in [-0.15, -0.1) is 0 Å². The Labute approximate surface area is 63.4 Å². The highest BCUT2D eigenvalue weighted by atomic mass is 15.1. The molecule has 10 heavy (non-hydrogen) atoms. The molecule has 1 aliphatic rings. The Bertz CT molecular complexity index is 97.4. The lowest BCUT2D eigenvalue weighted by Crippen LogP contribution is -2.41. The van der Waals surface area contributed by atoms with Gasteiger partial charge in [0.1, 0.15) is 0 Å². The molecule has 1 aliphatic carbocycles. The molecule has 0 saturated heterocycles. The van der Waals surface area contributed by atoms with Crippen molar-refractivity contribution in [2.24, 2.45) is 11.7 Å². The Kier molecular flexibility index (Phi) is 2.69. The van der Waals surface area contributed by atoms with Gasteiger partial charge in [0.15, 0.2) is 0 Å². The van der Waals surface area contributed by atoms with Gasteiger partial charge in [-0.1, -0.05) is 6.92 Å². The highest BCUT2D eigenvalue weighted by Gasteiger charge is 2.25. The summed E-state index contributed by atoms with van der Waals surface area (Å²) < 4.78 is 0. The summed E-state index contributed by atoms with van der Waals surface area (Å²) in [5.41, 5.74) is 5.67. The van der Waals surface area contributed by atoms with Gasteiger partial charge in [0.2, 0.25) is 0 Å². The average Bonchev–Trinajstić information content (AvgIpc) is 1.84. The summed E-state index contributed by atoms with van der Waals surface area (Å²) >= 11 is 0. The second-order valence-corrected chi connectivity index (χ2v) is 3.45. The fraction of sp³-hybridized carbons (Fsp3) is 1.00. The van der Waals surface area contributed by atoms with Crippen molar-refractivity contribution in [1.82, 2.24) is 4.90 Å². The number of hydrogen-bond donors (Lipinski definition) is 1. The first-order valence-electron chi connectivity index (χ1n) is 4.16. The van der Waals surface area contributed by atoms with Crippen LogP contribution in [0.2, 0.25) is 0 Å². The second kappa shape index (κ2) is 3.35. The smallest absolute Gasteiger partial charge is 0.00450 e. The van der Waals surface area contributed by atoms with Crippen molar-refractivity contribution >= 4 is 0 Å². The van der Waals surface area contributed by atoms with Gasteiger partial charge in [0, 0.05) is 12.6 Å². The van der Waals surface area contributed by atoms with Crippen molar-refractivity contribution < 1.29 is 0 Å².